The third-order valence-corrected chi connectivity index (χ3v) is 6.80. The molecule has 2 heterocycles. The predicted molar refractivity (Wildman–Crippen MR) is 126 cm³/mol. The molecule has 5 heteroatoms. The van der Waals surface area contributed by atoms with E-state index in [2.05, 4.69) is 75.0 Å². The molecule has 0 aliphatic carbocycles. The van der Waals surface area contributed by atoms with Crippen molar-refractivity contribution in [1.29, 1.82) is 0 Å². The smallest absolute Gasteiger partial charge is 0.237 e. The average molecular weight is 421 g/mol. The highest BCUT2D eigenvalue weighted by atomic mass is 16.2. The summed E-state index contributed by atoms with van der Waals surface area (Å²) in [5.74, 6) is 0.135. The van der Waals surface area contributed by atoms with Crippen LogP contribution in [0.5, 0.6) is 0 Å². The first-order valence-electron chi connectivity index (χ1n) is 11.7. The van der Waals surface area contributed by atoms with Crippen molar-refractivity contribution in [3.05, 3.63) is 71.8 Å². The molecule has 166 valence electrons. The van der Waals surface area contributed by atoms with Crippen molar-refractivity contribution in [3.8, 4) is 0 Å². The highest BCUT2D eigenvalue weighted by molar-refractivity contribution is 5.81. The normalized spacial score (nSPS) is 23.1. The summed E-state index contributed by atoms with van der Waals surface area (Å²) in [5, 5.41) is 6.75. The fraction of sp³-hybridized carbons (Fsp3) is 0.500. The molecule has 0 unspecified atom stereocenters. The van der Waals surface area contributed by atoms with E-state index >= 15 is 0 Å². The number of nitrogens with zero attached hydrogens (tertiary/aromatic N) is 2. The SMILES string of the molecule is CNC(=O)[C@@H]1C[C@@H](NC2CCN(CCc3ccccc3)CC2)CN1Cc1ccccc1. The Morgan fingerprint density at radius 1 is 0.935 bits per heavy atom. The first kappa shape index (κ1) is 22.0. The van der Waals surface area contributed by atoms with Gasteiger partial charge < -0.3 is 15.5 Å². The van der Waals surface area contributed by atoms with Crippen LogP contribution in [0, 0.1) is 0 Å². The fourth-order valence-electron chi connectivity index (χ4n) is 5.04. The van der Waals surface area contributed by atoms with Gasteiger partial charge in [-0.15, -0.1) is 0 Å². The van der Waals surface area contributed by atoms with Gasteiger partial charge >= 0.3 is 0 Å². The zero-order valence-corrected chi connectivity index (χ0v) is 18.7. The third-order valence-electron chi connectivity index (χ3n) is 6.80. The maximum absolute atomic E-state index is 12.5. The summed E-state index contributed by atoms with van der Waals surface area (Å²) in [7, 11) is 1.74. The van der Waals surface area contributed by atoms with Gasteiger partial charge in [0.15, 0.2) is 0 Å². The van der Waals surface area contributed by atoms with Crippen LogP contribution in [-0.4, -0.2) is 67.1 Å². The van der Waals surface area contributed by atoms with Gasteiger partial charge in [0.25, 0.3) is 0 Å². The quantitative estimate of drug-likeness (QED) is 0.689. The van der Waals surface area contributed by atoms with Crippen LogP contribution >= 0.6 is 0 Å². The molecule has 0 aromatic heterocycles. The number of benzene rings is 2. The molecule has 2 aromatic carbocycles. The monoisotopic (exact) mass is 420 g/mol. The summed E-state index contributed by atoms with van der Waals surface area (Å²) >= 11 is 0. The minimum absolute atomic E-state index is 0.0475. The first-order chi connectivity index (χ1) is 15.2. The summed E-state index contributed by atoms with van der Waals surface area (Å²) in [6, 6.07) is 22.1. The van der Waals surface area contributed by atoms with E-state index in [1.54, 1.807) is 7.05 Å². The summed E-state index contributed by atoms with van der Waals surface area (Å²) in [4.78, 5) is 17.4. The second kappa shape index (κ2) is 10.9. The zero-order valence-electron chi connectivity index (χ0n) is 18.7. The molecule has 2 aliphatic heterocycles. The Bertz CT molecular complexity index is 805. The van der Waals surface area contributed by atoms with Gasteiger partial charge in [0.1, 0.15) is 0 Å². The van der Waals surface area contributed by atoms with E-state index in [-0.39, 0.29) is 11.9 Å². The Kier molecular flexibility index (Phi) is 7.73. The van der Waals surface area contributed by atoms with Crippen molar-refractivity contribution in [2.45, 2.75) is 50.4 Å². The number of amides is 1. The lowest BCUT2D eigenvalue weighted by atomic mass is 10.0. The van der Waals surface area contributed by atoms with Gasteiger partial charge in [-0.05, 0) is 49.9 Å². The maximum atomic E-state index is 12.5. The molecule has 2 saturated heterocycles. The molecule has 2 N–H and O–H groups in total. The second-order valence-corrected chi connectivity index (χ2v) is 9.00. The molecule has 0 saturated carbocycles. The maximum Gasteiger partial charge on any atom is 0.237 e. The van der Waals surface area contributed by atoms with E-state index in [4.69, 9.17) is 0 Å². The number of piperidine rings is 1. The molecular weight excluding hydrogens is 384 g/mol. The Labute approximate surface area is 186 Å². The summed E-state index contributed by atoms with van der Waals surface area (Å²) < 4.78 is 0. The number of carbonyl (C=O) groups excluding carboxylic acids is 1. The summed E-state index contributed by atoms with van der Waals surface area (Å²) in [6.45, 7) is 5.22. The Morgan fingerprint density at radius 2 is 1.58 bits per heavy atom. The van der Waals surface area contributed by atoms with E-state index in [0.717, 1.165) is 45.6 Å². The number of likely N-dealkylation sites (N-methyl/N-ethyl adjacent to an activating group) is 1. The van der Waals surface area contributed by atoms with Gasteiger partial charge in [-0.2, -0.15) is 0 Å². The Balaban J connectivity index is 1.25. The molecule has 2 atom stereocenters. The molecule has 0 spiro atoms. The molecule has 2 aromatic rings. The number of nitrogens with one attached hydrogen (secondary N) is 2. The molecule has 2 aliphatic rings. The average Bonchev–Trinajstić information content (AvgIpc) is 3.21. The molecule has 0 bridgehead atoms. The van der Waals surface area contributed by atoms with Crippen LogP contribution in [0.1, 0.15) is 30.4 Å². The highest BCUT2D eigenvalue weighted by Gasteiger charge is 2.37. The van der Waals surface area contributed by atoms with E-state index in [1.807, 2.05) is 6.07 Å². The van der Waals surface area contributed by atoms with E-state index in [1.165, 1.54) is 24.0 Å². The number of likely N-dealkylation sites (tertiary alicyclic amines) is 2. The van der Waals surface area contributed by atoms with Crippen LogP contribution in [0.15, 0.2) is 60.7 Å². The van der Waals surface area contributed by atoms with E-state index < -0.39 is 0 Å². The van der Waals surface area contributed by atoms with Crippen molar-refractivity contribution in [1.82, 2.24) is 20.4 Å². The molecule has 31 heavy (non-hydrogen) atoms. The summed E-state index contributed by atoms with van der Waals surface area (Å²) in [6.07, 6.45) is 4.40. The molecule has 4 rings (SSSR count). The fourth-order valence-corrected chi connectivity index (χ4v) is 5.04. The van der Waals surface area contributed by atoms with Crippen LogP contribution < -0.4 is 10.6 Å². The van der Waals surface area contributed by atoms with E-state index in [9.17, 15) is 4.79 Å². The van der Waals surface area contributed by atoms with Gasteiger partial charge in [-0.3, -0.25) is 9.69 Å². The Hall–Kier alpha value is -2.21. The van der Waals surface area contributed by atoms with Crippen molar-refractivity contribution < 1.29 is 4.79 Å². The van der Waals surface area contributed by atoms with Gasteiger partial charge in [0.05, 0.1) is 6.04 Å². The van der Waals surface area contributed by atoms with Gasteiger partial charge in [-0.25, -0.2) is 0 Å². The number of carbonyl (C=O) groups is 1. The Morgan fingerprint density at radius 3 is 2.23 bits per heavy atom. The largest absolute Gasteiger partial charge is 0.358 e. The second-order valence-electron chi connectivity index (χ2n) is 9.00. The van der Waals surface area contributed by atoms with Crippen molar-refractivity contribution >= 4 is 5.91 Å². The number of hydrogen-bond acceptors (Lipinski definition) is 4. The molecule has 1 amide bonds. The lowest BCUT2D eigenvalue weighted by Gasteiger charge is -2.34. The van der Waals surface area contributed by atoms with Crippen LogP contribution in [0.2, 0.25) is 0 Å². The van der Waals surface area contributed by atoms with Crippen molar-refractivity contribution in [2.75, 3.05) is 33.2 Å². The van der Waals surface area contributed by atoms with Crippen molar-refractivity contribution in [2.24, 2.45) is 0 Å². The standard InChI is InChI=1S/C26H36N4O/c1-27-26(31)25-18-24(20-30(25)19-22-10-6-3-7-11-22)28-23-13-16-29(17-14-23)15-12-21-8-4-2-5-9-21/h2-11,23-25,28H,12-20H2,1H3,(H,27,31)/t24-,25+/m1/s1. The first-order valence-corrected chi connectivity index (χ1v) is 11.7. The lowest BCUT2D eigenvalue weighted by Crippen LogP contribution is -2.47. The van der Waals surface area contributed by atoms with Gasteiger partial charge in [0.2, 0.25) is 5.91 Å². The third kappa shape index (κ3) is 6.16. The van der Waals surface area contributed by atoms with Crippen LogP contribution in [0.3, 0.4) is 0 Å². The molecule has 0 radical (unpaired) electrons. The van der Waals surface area contributed by atoms with Crippen LogP contribution in [0.25, 0.3) is 0 Å². The number of rotatable bonds is 8. The van der Waals surface area contributed by atoms with Crippen molar-refractivity contribution in [3.63, 3.8) is 0 Å². The van der Waals surface area contributed by atoms with Gasteiger partial charge in [0, 0.05) is 38.8 Å². The molecule has 5 nitrogen and oxygen atoms in total. The predicted octanol–water partition coefficient (Wildman–Crippen LogP) is 2.67. The minimum atomic E-state index is -0.0475. The number of hydrogen-bond donors (Lipinski definition) is 2. The van der Waals surface area contributed by atoms with Gasteiger partial charge in [-0.1, -0.05) is 60.7 Å². The highest BCUT2D eigenvalue weighted by Crippen LogP contribution is 2.23. The minimum Gasteiger partial charge on any atom is -0.358 e. The van der Waals surface area contributed by atoms with E-state index in [0.29, 0.717) is 12.1 Å². The zero-order chi connectivity index (χ0) is 21.5. The molecular formula is C26H36N4O. The van der Waals surface area contributed by atoms with Crippen LogP contribution in [0.4, 0.5) is 0 Å². The topological polar surface area (TPSA) is 47.6 Å². The van der Waals surface area contributed by atoms with Crippen LogP contribution in [-0.2, 0) is 17.8 Å². The molecule has 2 fully saturated rings. The lowest BCUT2D eigenvalue weighted by molar-refractivity contribution is -0.125. The summed E-state index contributed by atoms with van der Waals surface area (Å²) in [5.41, 5.74) is 2.69.